The van der Waals surface area contributed by atoms with Crippen LogP contribution < -0.4 is 4.74 Å². The Morgan fingerprint density at radius 1 is 1.28 bits per heavy atom. The summed E-state index contributed by atoms with van der Waals surface area (Å²) in [5, 5.41) is 9.33. The second kappa shape index (κ2) is 4.27. The lowest BCUT2D eigenvalue weighted by Crippen LogP contribution is -2.17. The van der Waals surface area contributed by atoms with Crippen LogP contribution in [0.5, 0.6) is 11.5 Å². The monoisotopic (exact) mass is 266 g/mol. The summed E-state index contributed by atoms with van der Waals surface area (Å²) in [5.41, 5.74) is -0.397. The average Bonchev–Trinajstić information content (AvgIpc) is 2.27. The molecule has 0 bridgehead atoms. The Kier molecular flexibility index (Phi) is 2.92. The molecular weight excluding hydrogens is 260 g/mol. The SMILES string of the molecule is CC(=O)Oc1ccc(O)c2c1C(=O)C=C(Cl)C2=O. The second-order valence-corrected chi connectivity index (χ2v) is 4.02. The van der Waals surface area contributed by atoms with Crippen LogP contribution in [0.2, 0.25) is 0 Å². The van der Waals surface area contributed by atoms with Crippen molar-refractivity contribution in [2.75, 3.05) is 0 Å². The minimum absolute atomic E-state index is 0.0749. The van der Waals surface area contributed by atoms with Crippen LogP contribution in [0, 0.1) is 0 Å². The van der Waals surface area contributed by atoms with Crippen molar-refractivity contribution in [3.8, 4) is 11.5 Å². The highest BCUT2D eigenvalue weighted by atomic mass is 35.5. The number of ketones is 2. The van der Waals surface area contributed by atoms with Crippen LogP contribution in [0.1, 0.15) is 27.6 Å². The third kappa shape index (κ3) is 1.89. The van der Waals surface area contributed by atoms with E-state index in [2.05, 4.69) is 0 Å². The molecule has 2 rings (SSSR count). The van der Waals surface area contributed by atoms with Crippen molar-refractivity contribution in [3.05, 3.63) is 34.4 Å². The number of phenols is 1. The molecule has 0 atom stereocenters. The van der Waals surface area contributed by atoms with Gasteiger partial charge in [-0.3, -0.25) is 14.4 Å². The van der Waals surface area contributed by atoms with E-state index in [0.717, 1.165) is 19.1 Å². The number of allylic oxidation sites excluding steroid dienone is 2. The Bertz CT molecular complexity index is 615. The van der Waals surface area contributed by atoms with Gasteiger partial charge in [0.25, 0.3) is 0 Å². The topological polar surface area (TPSA) is 80.7 Å². The van der Waals surface area contributed by atoms with Gasteiger partial charge in [0.1, 0.15) is 11.5 Å². The van der Waals surface area contributed by atoms with Gasteiger partial charge in [0.15, 0.2) is 5.78 Å². The minimum Gasteiger partial charge on any atom is -0.507 e. The molecule has 92 valence electrons. The standard InChI is InChI=1S/C12H7ClO5/c1-5(14)18-9-3-2-7(15)11-10(9)8(16)4-6(13)12(11)17/h2-4,15H,1H3. The van der Waals surface area contributed by atoms with Crippen molar-refractivity contribution in [1.82, 2.24) is 0 Å². The van der Waals surface area contributed by atoms with Crippen LogP contribution in [0.15, 0.2) is 23.2 Å². The summed E-state index contributed by atoms with van der Waals surface area (Å²) in [5.74, 6) is -2.37. The van der Waals surface area contributed by atoms with E-state index >= 15 is 0 Å². The number of ether oxygens (including phenoxy) is 1. The van der Waals surface area contributed by atoms with E-state index in [4.69, 9.17) is 16.3 Å². The number of phenolic OH excluding ortho intramolecular Hbond substituents is 1. The Morgan fingerprint density at radius 2 is 1.94 bits per heavy atom. The zero-order chi connectivity index (χ0) is 13.4. The highest BCUT2D eigenvalue weighted by Crippen LogP contribution is 2.36. The quantitative estimate of drug-likeness (QED) is 0.619. The molecule has 0 radical (unpaired) electrons. The van der Waals surface area contributed by atoms with Gasteiger partial charge in [0, 0.05) is 13.0 Å². The molecule has 6 heteroatoms. The molecule has 0 saturated heterocycles. The first-order valence-corrected chi connectivity index (χ1v) is 5.30. The number of esters is 1. The summed E-state index contributed by atoms with van der Waals surface area (Å²) in [7, 11) is 0. The lowest BCUT2D eigenvalue weighted by Gasteiger charge is -2.15. The molecule has 1 aliphatic rings. The van der Waals surface area contributed by atoms with Gasteiger partial charge >= 0.3 is 5.97 Å². The van der Waals surface area contributed by atoms with Crippen molar-refractivity contribution < 1.29 is 24.2 Å². The van der Waals surface area contributed by atoms with Crippen LogP contribution in [0.3, 0.4) is 0 Å². The predicted octanol–water partition coefficient (Wildman–Crippen LogP) is 1.82. The first-order chi connectivity index (χ1) is 8.41. The summed E-state index contributed by atoms with van der Waals surface area (Å²) in [4.78, 5) is 34.5. The van der Waals surface area contributed by atoms with E-state index in [1.807, 2.05) is 0 Å². The molecule has 0 heterocycles. The molecule has 0 aromatic heterocycles. The fourth-order valence-electron chi connectivity index (χ4n) is 1.66. The Balaban J connectivity index is 2.70. The van der Waals surface area contributed by atoms with Gasteiger partial charge in [-0.1, -0.05) is 11.6 Å². The lowest BCUT2D eigenvalue weighted by molar-refractivity contribution is -0.131. The smallest absolute Gasteiger partial charge is 0.308 e. The molecule has 0 unspecified atom stereocenters. The summed E-state index contributed by atoms with van der Waals surface area (Å²) in [6.45, 7) is 1.16. The molecule has 0 saturated carbocycles. The third-order valence-electron chi connectivity index (χ3n) is 2.35. The van der Waals surface area contributed by atoms with Gasteiger partial charge in [0.05, 0.1) is 16.2 Å². The molecule has 0 spiro atoms. The maximum atomic E-state index is 11.8. The highest BCUT2D eigenvalue weighted by Gasteiger charge is 2.31. The van der Waals surface area contributed by atoms with Crippen LogP contribution in [0.25, 0.3) is 0 Å². The Morgan fingerprint density at radius 3 is 2.56 bits per heavy atom. The van der Waals surface area contributed by atoms with Gasteiger partial charge < -0.3 is 9.84 Å². The molecule has 5 nitrogen and oxygen atoms in total. The van der Waals surface area contributed by atoms with Gasteiger partial charge in [-0.2, -0.15) is 0 Å². The second-order valence-electron chi connectivity index (χ2n) is 3.61. The number of fused-ring (bicyclic) bond motifs is 1. The first-order valence-electron chi connectivity index (χ1n) is 4.92. The largest absolute Gasteiger partial charge is 0.507 e. The fourth-order valence-corrected chi connectivity index (χ4v) is 1.85. The van der Waals surface area contributed by atoms with E-state index in [1.54, 1.807) is 0 Å². The van der Waals surface area contributed by atoms with E-state index < -0.39 is 17.5 Å². The molecule has 18 heavy (non-hydrogen) atoms. The van der Waals surface area contributed by atoms with Crippen LogP contribution in [0.4, 0.5) is 0 Å². The molecule has 1 aliphatic carbocycles. The third-order valence-corrected chi connectivity index (χ3v) is 2.63. The summed E-state index contributed by atoms with van der Waals surface area (Å²) in [6.07, 6.45) is 0.929. The van der Waals surface area contributed by atoms with Crippen molar-refractivity contribution in [2.45, 2.75) is 6.92 Å². The zero-order valence-electron chi connectivity index (χ0n) is 9.19. The summed E-state index contributed by atoms with van der Waals surface area (Å²) in [6, 6.07) is 2.41. The number of Topliss-reactive ketones (excluding diaryl/α,β-unsaturated/α-hetero) is 1. The maximum absolute atomic E-state index is 11.8. The Hall–Kier alpha value is -2.14. The van der Waals surface area contributed by atoms with Crippen LogP contribution in [-0.2, 0) is 4.79 Å². The lowest BCUT2D eigenvalue weighted by atomic mass is 9.93. The van der Waals surface area contributed by atoms with Crippen molar-refractivity contribution >= 4 is 29.1 Å². The number of halogens is 1. The fraction of sp³-hybridized carbons (Fsp3) is 0.0833. The number of rotatable bonds is 1. The molecule has 1 N–H and O–H groups in total. The number of aromatic hydroxyl groups is 1. The molecule has 0 amide bonds. The highest BCUT2D eigenvalue weighted by molar-refractivity contribution is 6.49. The summed E-state index contributed by atoms with van der Waals surface area (Å²) < 4.78 is 4.83. The minimum atomic E-state index is -0.683. The number of hydrogen-bond donors (Lipinski definition) is 1. The van der Waals surface area contributed by atoms with Crippen molar-refractivity contribution in [3.63, 3.8) is 0 Å². The molecule has 0 fully saturated rings. The maximum Gasteiger partial charge on any atom is 0.308 e. The predicted molar refractivity (Wildman–Crippen MR) is 62.0 cm³/mol. The van der Waals surface area contributed by atoms with E-state index in [1.165, 1.54) is 6.07 Å². The number of carbonyl (C=O) groups is 3. The Labute approximate surface area is 107 Å². The average molecular weight is 267 g/mol. The van der Waals surface area contributed by atoms with E-state index in [0.29, 0.717) is 0 Å². The van der Waals surface area contributed by atoms with Crippen LogP contribution in [-0.4, -0.2) is 22.6 Å². The van der Waals surface area contributed by atoms with Gasteiger partial charge in [-0.05, 0) is 12.1 Å². The molecule has 1 aromatic rings. The van der Waals surface area contributed by atoms with Crippen molar-refractivity contribution in [2.24, 2.45) is 0 Å². The van der Waals surface area contributed by atoms with Gasteiger partial charge in [0.2, 0.25) is 5.78 Å². The molecule has 0 aliphatic heterocycles. The van der Waals surface area contributed by atoms with E-state index in [9.17, 15) is 19.5 Å². The molecule has 1 aromatic carbocycles. The van der Waals surface area contributed by atoms with Crippen LogP contribution >= 0.6 is 11.6 Å². The van der Waals surface area contributed by atoms with E-state index in [-0.39, 0.29) is 27.7 Å². The normalized spacial score (nSPS) is 14.0. The first kappa shape index (κ1) is 12.3. The molecular formula is C12H7ClO5. The van der Waals surface area contributed by atoms with Gasteiger partial charge in [-0.25, -0.2) is 0 Å². The van der Waals surface area contributed by atoms with Gasteiger partial charge in [-0.15, -0.1) is 0 Å². The number of benzene rings is 1. The zero-order valence-corrected chi connectivity index (χ0v) is 9.95. The summed E-state index contributed by atoms with van der Waals surface area (Å²) >= 11 is 5.59. The van der Waals surface area contributed by atoms with Crippen molar-refractivity contribution in [1.29, 1.82) is 0 Å². The number of hydrogen-bond acceptors (Lipinski definition) is 5. The number of carbonyl (C=O) groups excluding carboxylic acids is 3.